The Morgan fingerprint density at radius 1 is 1.25 bits per heavy atom. The van der Waals surface area contributed by atoms with Gasteiger partial charge in [0.2, 0.25) is 10.0 Å². The molecular formula is C20H23ClN2O4S. The molecule has 150 valence electrons. The van der Waals surface area contributed by atoms with E-state index >= 15 is 0 Å². The van der Waals surface area contributed by atoms with Crippen molar-refractivity contribution in [3.63, 3.8) is 0 Å². The molecule has 6 nitrogen and oxygen atoms in total. The highest BCUT2D eigenvalue weighted by atomic mass is 35.5. The topological polar surface area (TPSA) is 75.7 Å². The molecule has 1 N–H and O–H groups in total. The van der Waals surface area contributed by atoms with E-state index in [0.29, 0.717) is 19.0 Å². The number of sulfonamides is 1. The Morgan fingerprint density at radius 3 is 2.71 bits per heavy atom. The van der Waals surface area contributed by atoms with Crippen molar-refractivity contribution in [3.05, 3.63) is 64.7 Å². The number of benzene rings is 2. The molecule has 0 bridgehead atoms. The van der Waals surface area contributed by atoms with Crippen LogP contribution in [-0.2, 0) is 21.5 Å². The predicted molar refractivity (Wildman–Crippen MR) is 107 cm³/mol. The van der Waals surface area contributed by atoms with Crippen molar-refractivity contribution in [1.82, 2.24) is 9.79 Å². The minimum Gasteiger partial charge on any atom is -0.269 e. The number of carbonyl (C=O) groups is 1. The third kappa shape index (κ3) is 4.91. The van der Waals surface area contributed by atoms with Crippen molar-refractivity contribution in [2.45, 2.75) is 31.3 Å². The first-order valence-corrected chi connectivity index (χ1v) is 11.0. The lowest BCUT2D eigenvalue weighted by Crippen LogP contribution is -2.39. The first-order chi connectivity index (χ1) is 13.4. The molecule has 0 spiro atoms. The molecule has 1 aliphatic heterocycles. The van der Waals surface area contributed by atoms with E-state index in [1.165, 1.54) is 22.5 Å². The van der Waals surface area contributed by atoms with E-state index in [9.17, 15) is 13.2 Å². The summed E-state index contributed by atoms with van der Waals surface area (Å²) in [5.74, 6) is -0.240. The standard InChI is InChI=1S/C20H23ClN2O4S/c1-15-6-5-11-23(13-15)28(25,26)19-12-17(9-10-18(19)21)20(24)22-27-14-16-7-3-2-4-8-16/h2-4,7-10,12,15H,5-6,11,13-14H2,1H3,(H,22,24). The molecular weight excluding hydrogens is 400 g/mol. The van der Waals surface area contributed by atoms with Gasteiger partial charge in [-0.05, 0) is 42.5 Å². The lowest BCUT2D eigenvalue weighted by molar-refractivity contribution is 0.0233. The third-order valence-electron chi connectivity index (χ3n) is 4.68. The van der Waals surface area contributed by atoms with E-state index in [1.807, 2.05) is 37.3 Å². The highest BCUT2D eigenvalue weighted by molar-refractivity contribution is 7.89. The third-order valence-corrected chi connectivity index (χ3v) is 7.02. The van der Waals surface area contributed by atoms with Crippen molar-refractivity contribution in [1.29, 1.82) is 0 Å². The molecule has 1 aliphatic rings. The van der Waals surface area contributed by atoms with Gasteiger partial charge < -0.3 is 0 Å². The summed E-state index contributed by atoms with van der Waals surface area (Å²) in [6.07, 6.45) is 1.81. The van der Waals surface area contributed by atoms with Crippen LogP contribution in [0.5, 0.6) is 0 Å². The summed E-state index contributed by atoms with van der Waals surface area (Å²) in [6, 6.07) is 13.6. The molecule has 1 saturated heterocycles. The van der Waals surface area contributed by atoms with Crippen molar-refractivity contribution in [3.8, 4) is 0 Å². The zero-order chi connectivity index (χ0) is 20.1. The van der Waals surface area contributed by atoms with Gasteiger partial charge in [0, 0.05) is 18.7 Å². The van der Waals surface area contributed by atoms with E-state index in [1.54, 1.807) is 0 Å². The van der Waals surface area contributed by atoms with Gasteiger partial charge in [-0.25, -0.2) is 13.9 Å². The summed E-state index contributed by atoms with van der Waals surface area (Å²) in [5.41, 5.74) is 3.41. The largest absolute Gasteiger partial charge is 0.274 e. The summed E-state index contributed by atoms with van der Waals surface area (Å²) in [6.45, 7) is 3.14. The Morgan fingerprint density at radius 2 is 2.00 bits per heavy atom. The summed E-state index contributed by atoms with van der Waals surface area (Å²) < 4.78 is 27.5. The number of nitrogens with zero attached hydrogens (tertiary/aromatic N) is 1. The molecule has 0 aromatic heterocycles. The second kappa shape index (κ2) is 9.05. The lowest BCUT2D eigenvalue weighted by Gasteiger charge is -2.30. The van der Waals surface area contributed by atoms with E-state index in [0.717, 1.165) is 18.4 Å². The Hall–Kier alpha value is -1.93. The van der Waals surface area contributed by atoms with Gasteiger partial charge in [0.25, 0.3) is 5.91 Å². The van der Waals surface area contributed by atoms with E-state index < -0.39 is 15.9 Å². The fraction of sp³-hybridized carbons (Fsp3) is 0.350. The van der Waals surface area contributed by atoms with E-state index in [2.05, 4.69) is 5.48 Å². The van der Waals surface area contributed by atoms with Gasteiger partial charge in [-0.2, -0.15) is 4.31 Å². The molecule has 2 aromatic carbocycles. The summed E-state index contributed by atoms with van der Waals surface area (Å²) >= 11 is 6.16. The SMILES string of the molecule is CC1CCCN(S(=O)(=O)c2cc(C(=O)NOCc3ccccc3)ccc2Cl)C1. The smallest absolute Gasteiger partial charge is 0.269 e. The maximum absolute atomic E-state index is 13.0. The van der Waals surface area contributed by atoms with Crippen LogP contribution in [0.4, 0.5) is 0 Å². The van der Waals surface area contributed by atoms with Gasteiger partial charge in [0.05, 0.1) is 11.6 Å². The quantitative estimate of drug-likeness (QED) is 0.721. The van der Waals surface area contributed by atoms with Crippen molar-refractivity contribution in [2.24, 2.45) is 5.92 Å². The molecule has 1 fully saturated rings. The second-order valence-corrected chi connectivity index (χ2v) is 9.27. The maximum atomic E-state index is 13.0. The molecule has 1 amide bonds. The molecule has 1 atom stereocenters. The average molecular weight is 423 g/mol. The number of hydrogen-bond donors (Lipinski definition) is 1. The zero-order valence-corrected chi connectivity index (χ0v) is 17.2. The Labute approximate surface area is 170 Å². The van der Waals surface area contributed by atoms with Crippen LogP contribution in [0.1, 0.15) is 35.7 Å². The number of rotatable bonds is 6. The molecule has 0 aliphatic carbocycles. The van der Waals surface area contributed by atoms with Gasteiger partial charge in [-0.3, -0.25) is 9.63 Å². The monoisotopic (exact) mass is 422 g/mol. The van der Waals surface area contributed by atoms with Crippen LogP contribution in [0.2, 0.25) is 5.02 Å². The Kier molecular flexibility index (Phi) is 6.72. The highest BCUT2D eigenvalue weighted by Crippen LogP contribution is 2.29. The molecule has 0 radical (unpaired) electrons. The van der Waals surface area contributed by atoms with Crippen LogP contribution in [0.15, 0.2) is 53.4 Å². The normalized spacial score (nSPS) is 18.0. The maximum Gasteiger partial charge on any atom is 0.274 e. The highest BCUT2D eigenvalue weighted by Gasteiger charge is 2.30. The first-order valence-electron chi connectivity index (χ1n) is 9.13. The number of carbonyl (C=O) groups excluding carboxylic acids is 1. The van der Waals surface area contributed by atoms with Crippen LogP contribution in [0, 0.1) is 5.92 Å². The molecule has 28 heavy (non-hydrogen) atoms. The van der Waals surface area contributed by atoms with Crippen LogP contribution < -0.4 is 5.48 Å². The number of piperidine rings is 1. The van der Waals surface area contributed by atoms with Gasteiger partial charge in [0.1, 0.15) is 4.90 Å². The molecule has 2 aromatic rings. The molecule has 8 heteroatoms. The van der Waals surface area contributed by atoms with Crippen molar-refractivity contribution >= 4 is 27.5 Å². The van der Waals surface area contributed by atoms with Gasteiger partial charge in [-0.15, -0.1) is 0 Å². The Bertz CT molecular complexity index is 934. The van der Waals surface area contributed by atoms with Gasteiger partial charge in [-0.1, -0.05) is 48.9 Å². The number of nitrogens with one attached hydrogen (secondary N) is 1. The van der Waals surface area contributed by atoms with Crippen LogP contribution in [0.25, 0.3) is 0 Å². The van der Waals surface area contributed by atoms with Crippen molar-refractivity contribution in [2.75, 3.05) is 13.1 Å². The molecule has 3 rings (SSSR count). The minimum atomic E-state index is -3.76. The lowest BCUT2D eigenvalue weighted by atomic mass is 10.0. The summed E-state index contributed by atoms with van der Waals surface area (Å²) in [5, 5.41) is 0.0972. The summed E-state index contributed by atoms with van der Waals surface area (Å²) in [4.78, 5) is 17.5. The fourth-order valence-electron chi connectivity index (χ4n) is 3.16. The summed E-state index contributed by atoms with van der Waals surface area (Å²) in [7, 11) is -3.76. The minimum absolute atomic E-state index is 0.0565. The first kappa shape index (κ1) is 20.8. The Balaban J connectivity index is 1.72. The number of hydrogen-bond acceptors (Lipinski definition) is 4. The fourth-order valence-corrected chi connectivity index (χ4v) is 5.26. The van der Waals surface area contributed by atoms with Crippen LogP contribution >= 0.6 is 11.6 Å². The average Bonchev–Trinajstić information content (AvgIpc) is 2.69. The van der Waals surface area contributed by atoms with Crippen molar-refractivity contribution < 1.29 is 18.0 Å². The number of halogens is 1. The van der Waals surface area contributed by atoms with E-state index in [-0.39, 0.29) is 22.1 Å². The van der Waals surface area contributed by atoms with E-state index in [4.69, 9.17) is 16.4 Å². The molecule has 0 saturated carbocycles. The zero-order valence-electron chi connectivity index (χ0n) is 15.6. The predicted octanol–water partition coefficient (Wildman–Crippen LogP) is 3.62. The van der Waals surface area contributed by atoms with Gasteiger partial charge >= 0.3 is 0 Å². The van der Waals surface area contributed by atoms with Crippen LogP contribution in [-0.4, -0.2) is 31.7 Å². The van der Waals surface area contributed by atoms with Crippen LogP contribution in [0.3, 0.4) is 0 Å². The molecule has 1 unspecified atom stereocenters. The molecule has 1 heterocycles. The van der Waals surface area contributed by atoms with Gasteiger partial charge in [0.15, 0.2) is 0 Å². The number of hydroxylamine groups is 1. The number of amides is 1. The second-order valence-electron chi connectivity index (χ2n) is 6.96.